The fraction of sp³-hybridized carbons (Fsp3) is 0.462. The largest absolute Gasteiger partial charge is 0.469 e. The van der Waals surface area contributed by atoms with Crippen molar-refractivity contribution >= 4 is 0 Å². The van der Waals surface area contributed by atoms with Gasteiger partial charge in [0.2, 0.25) is 0 Å². The normalized spacial score (nSPS) is 14.7. The second kappa shape index (κ2) is 5.68. The summed E-state index contributed by atoms with van der Waals surface area (Å²) in [6.45, 7) is 4.34. The van der Waals surface area contributed by atoms with Crippen LogP contribution in [0.2, 0.25) is 0 Å². The van der Waals surface area contributed by atoms with Gasteiger partial charge in [0.1, 0.15) is 5.76 Å². The summed E-state index contributed by atoms with van der Waals surface area (Å²) in [5.74, 6) is 1.05. The van der Waals surface area contributed by atoms with Crippen LogP contribution >= 0.6 is 0 Å². The van der Waals surface area contributed by atoms with Crippen molar-refractivity contribution < 1.29 is 4.42 Å². The van der Waals surface area contributed by atoms with E-state index in [0.29, 0.717) is 12.1 Å². The minimum absolute atomic E-state index is 0.320. The lowest BCUT2D eigenvalue weighted by Crippen LogP contribution is -2.29. The van der Waals surface area contributed by atoms with Gasteiger partial charge < -0.3 is 9.73 Å². The van der Waals surface area contributed by atoms with Crippen molar-refractivity contribution in [3.8, 4) is 0 Å². The zero-order chi connectivity index (χ0) is 12.1. The van der Waals surface area contributed by atoms with E-state index in [-0.39, 0.29) is 0 Å². The van der Waals surface area contributed by atoms with Crippen LogP contribution in [-0.2, 0) is 6.42 Å². The van der Waals surface area contributed by atoms with Crippen molar-refractivity contribution in [2.24, 2.45) is 0 Å². The topological polar surface area (TPSA) is 53.9 Å². The van der Waals surface area contributed by atoms with E-state index in [1.807, 2.05) is 24.5 Å². The SMILES string of the molecule is CC(CCc1ccco1)NC(C)c1cn[nH]c1. The first-order chi connectivity index (χ1) is 8.25. The molecule has 2 rings (SSSR count). The first-order valence-corrected chi connectivity index (χ1v) is 6.03. The molecule has 2 heterocycles. The Morgan fingerprint density at radius 2 is 2.35 bits per heavy atom. The van der Waals surface area contributed by atoms with E-state index >= 15 is 0 Å². The highest BCUT2D eigenvalue weighted by Gasteiger charge is 2.10. The molecule has 0 aliphatic carbocycles. The van der Waals surface area contributed by atoms with Gasteiger partial charge in [0.25, 0.3) is 0 Å². The molecule has 2 unspecified atom stereocenters. The molecule has 2 aromatic heterocycles. The first-order valence-electron chi connectivity index (χ1n) is 6.03. The Balaban J connectivity index is 1.75. The van der Waals surface area contributed by atoms with E-state index in [0.717, 1.165) is 18.6 Å². The van der Waals surface area contributed by atoms with Crippen molar-refractivity contribution in [3.05, 3.63) is 42.1 Å². The Morgan fingerprint density at radius 1 is 1.47 bits per heavy atom. The van der Waals surface area contributed by atoms with E-state index in [2.05, 4.69) is 29.4 Å². The minimum atomic E-state index is 0.320. The van der Waals surface area contributed by atoms with Crippen LogP contribution in [0.5, 0.6) is 0 Å². The molecule has 0 spiro atoms. The summed E-state index contributed by atoms with van der Waals surface area (Å²) < 4.78 is 5.32. The average molecular weight is 233 g/mol. The van der Waals surface area contributed by atoms with Gasteiger partial charge in [-0.05, 0) is 32.4 Å². The third-order valence-corrected chi connectivity index (χ3v) is 2.96. The fourth-order valence-electron chi connectivity index (χ4n) is 1.92. The standard InChI is InChI=1S/C13H19N3O/c1-10(5-6-13-4-3-7-17-13)16-11(2)12-8-14-15-9-12/h3-4,7-11,16H,5-6H2,1-2H3,(H,14,15). The van der Waals surface area contributed by atoms with Gasteiger partial charge in [-0.1, -0.05) is 0 Å². The van der Waals surface area contributed by atoms with Gasteiger partial charge in [0.15, 0.2) is 0 Å². The molecule has 0 amide bonds. The Labute approximate surface area is 101 Å². The van der Waals surface area contributed by atoms with Gasteiger partial charge in [-0.3, -0.25) is 5.10 Å². The van der Waals surface area contributed by atoms with Gasteiger partial charge in [0, 0.05) is 30.3 Å². The van der Waals surface area contributed by atoms with Gasteiger partial charge in [0.05, 0.1) is 12.5 Å². The Morgan fingerprint density at radius 3 is 3.00 bits per heavy atom. The molecule has 0 saturated carbocycles. The number of hydrogen-bond acceptors (Lipinski definition) is 3. The van der Waals surface area contributed by atoms with Crippen LogP contribution < -0.4 is 5.32 Å². The summed E-state index contributed by atoms with van der Waals surface area (Å²) >= 11 is 0. The smallest absolute Gasteiger partial charge is 0.103 e. The van der Waals surface area contributed by atoms with E-state index in [1.165, 1.54) is 5.56 Å². The average Bonchev–Trinajstić information content (AvgIpc) is 2.99. The zero-order valence-corrected chi connectivity index (χ0v) is 10.3. The lowest BCUT2D eigenvalue weighted by atomic mass is 10.1. The molecule has 4 nitrogen and oxygen atoms in total. The second-order valence-electron chi connectivity index (χ2n) is 4.44. The van der Waals surface area contributed by atoms with Crippen molar-refractivity contribution in [1.82, 2.24) is 15.5 Å². The first kappa shape index (κ1) is 11.9. The van der Waals surface area contributed by atoms with Crippen molar-refractivity contribution in [2.75, 3.05) is 0 Å². The maximum absolute atomic E-state index is 5.32. The van der Waals surface area contributed by atoms with Crippen LogP contribution in [0.4, 0.5) is 0 Å². The molecular weight excluding hydrogens is 214 g/mol. The van der Waals surface area contributed by atoms with E-state index in [4.69, 9.17) is 4.42 Å². The molecule has 2 N–H and O–H groups in total. The number of nitrogens with one attached hydrogen (secondary N) is 2. The van der Waals surface area contributed by atoms with Gasteiger partial charge in [-0.2, -0.15) is 5.10 Å². The van der Waals surface area contributed by atoms with Crippen molar-refractivity contribution in [1.29, 1.82) is 0 Å². The summed E-state index contributed by atoms with van der Waals surface area (Å²) in [5, 5.41) is 10.3. The van der Waals surface area contributed by atoms with Crippen LogP contribution in [0.1, 0.15) is 37.6 Å². The van der Waals surface area contributed by atoms with Crippen molar-refractivity contribution in [3.63, 3.8) is 0 Å². The molecule has 0 fully saturated rings. The third kappa shape index (κ3) is 3.46. The van der Waals surface area contributed by atoms with Gasteiger partial charge in [-0.25, -0.2) is 0 Å². The van der Waals surface area contributed by atoms with E-state index in [1.54, 1.807) is 6.26 Å². The molecule has 2 atom stereocenters. The lowest BCUT2D eigenvalue weighted by Gasteiger charge is -2.18. The highest BCUT2D eigenvalue weighted by atomic mass is 16.3. The quantitative estimate of drug-likeness (QED) is 0.806. The number of rotatable bonds is 6. The predicted octanol–water partition coefficient (Wildman–Crippen LogP) is 2.67. The third-order valence-electron chi connectivity index (χ3n) is 2.96. The molecule has 92 valence electrons. The highest BCUT2D eigenvalue weighted by Crippen LogP contribution is 2.12. The molecule has 0 aliphatic rings. The highest BCUT2D eigenvalue weighted by molar-refractivity contribution is 5.08. The fourth-order valence-corrected chi connectivity index (χ4v) is 1.92. The van der Waals surface area contributed by atoms with E-state index in [9.17, 15) is 0 Å². The molecule has 0 radical (unpaired) electrons. The summed E-state index contributed by atoms with van der Waals surface area (Å²) in [7, 11) is 0. The van der Waals surface area contributed by atoms with Crippen LogP contribution in [-0.4, -0.2) is 16.2 Å². The molecule has 0 aromatic carbocycles. The van der Waals surface area contributed by atoms with Crippen LogP contribution in [0.25, 0.3) is 0 Å². The lowest BCUT2D eigenvalue weighted by molar-refractivity contribution is 0.431. The Kier molecular flexibility index (Phi) is 3.98. The molecular formula is C13H19N3O. The minimum Gasteiger partial charge on any atom is -0.469 e. The van der Waals surface area contributed by atoms with E-state index < -0.39 is 0 Å². The van der Waals surface area contributed by atoms with Crippen LogP contribution in [0, 0.1) is 0 Å². The number of aryl methyl sites for hydroxylation is 1. The summed E-state index contributed by atoms with van der Waals surface area (Å²) in [4.78, 5) is 0. The second-order valence-corrected chi connectivity index (χ2v) is 4.44. The maximum Gasteiger partial charge on any atom is 0.103 e. The monoisotopic (exact) mass is 233 g/mol. The summed E-state index contributed by atoms with van der Waals surface area (Å²) in [6, 6.07) is 4.72. The van der Waals surface area contributed by atoms with Gasteiger partial charge in [-0.15, -0.1) is 0 Å². The van der Waals surface area contributed by atoms with Crippen molar-refractivity contribution in [2.45, 2.75) is 38.8 Å². The number of aromatic nitrogens is 2. The van der Waals surface area contributed by atoms with Crippen LogP contribution in [0.3, 0.4) is 0 Å². The molecule has 0 aliphatic heterocycles. The molecule has 2 aromatic rings. The number of nitrogens with zero attached hydrogens (tertiary/aromatic N) is 1. The molecule has 4 heteroatoms. The molecule has 0 saturated heterocycles. The summed E-state index contributed by atoms with van der Waals surface area (Å²) in [5.41, 5.74) is 1.19. The molecule has 0 bridgehead atoms. The number of furan rings is 1. The maximum atomic E-state index is 5.32. The van der Waals surface area contributed by atoms with Crippen LogP contribution in [0.15, 0.2) is 35.2 Å². The Bertz CT molecular complexity index is 408. The zero-order valence-electron chi connectivity index (χ0n) is 10.3. The summed E-state index contributed by atoms with van der Waals surface area (Å²) in [6.07, 6.45) is 7.55. The number of aromatic amines is 1. The molecule has 17 heavy (non-hydrogen) atoms. The number of H-pyrrole nitrogens is 1. The Hall–Kier alpha value is -1.55. The predicted molar refractivity (Wildman–Crippen MR) is 66.6 cm³/mol. The number of hydrogen-bond donors (Lipinski definition) is 2. The van der Waals surface area contributed by atoms with Gasteiger partial charge >= 0.3 is 0 Å².